The molecule has 0 bridgehead atoms. The van der Waals surface area contributed by atoms with Crippen LogP contribution in [0.2, 0.25) is 5.02 Å². The van der Waals surface area contributed by atoms with Gasteiger partial charge in [0.2, 0.25) is 18.1 Å². The van der Waals surface area contributed by atoms with Crippen LogP contribution in [0.4, 0.5) is 5.69 Å². The first-order valence-electron chi connectivity index (χ1n) is 11.7. The number of ether oxygens (including phenoxy) is 2. The molecular formula is C24H33ClN4O6. The quantitative estimate of drug-likeness (QED) is 0.377. The minimum Gasteiger partial charge on any atom is -0.433 e. The number of benzene rings is 1. The average molecular weight is 509 g/mol. The molecule has 3 amide bonds. The van der Waals surface area contributed by atoms with Crippen molar-refractivity contribution >= 4 is 41.0 Å². The second-order valence-corrected chi connectivity index (χ2v) is 10.2. The van der Waals surface area contributed by atoms with E-state index >= 15 is 0 Å². The number of nitrogen functional groups attached to an aromatic ring is 1. The first kappa shape index (κ1) is 26.7. The number of cyclic esters (lactones) is 1. The highest BCUT2D eigenvalue weighted by Crippen LogP contribution is 2.27. The Morgan fingerprint density at radius 1 is 1.31 bits per heavy atom. The predicted molar refractivity (Wildman–Crippen MR) is 129 cm³/mol. The molecule has 4 N–H and O–H groups in total. The minimum absolute atomic E-state index is 0.00188. The van der Waals surface area contributed by atoms with E-state index in [9.17, 15) is 19.2 Å². The highest BCUT2D eigenvalue weighted by Gasteiger charge is 2.44. The van der Waals surface area contributed by atoms with Crippen LogP contribution in [-0.2, 0) is 23.9 Å². The SMILES string of the molecule is CCOC1OC(=O)CC1NC(=O)[C@@H]1CCCN1C(=O)[C@@H](NC(=O)c1ccc(N)c(Cl)c1)C(C)(C)C. The fourth-order valence-corrected chi connectivity index (χ4v) is 4.43. The molecule has 2 aliphatic heterocycles. The van der Waals surface area contributed by atoms with E-state index in [1.807, 2.05) is 20.8 Å². The number of anilines is 1. The van der Waals surface area contributed by atoms with Gasteiger partial charge in [0.1, 0.15) is 18.1 Å². The maximum atomic E-state index is 13.6. The van der Waals surface area contributed by atoms with Crippen molar-refractivity contribution in [3.05, 3.63) is 28.8 Å². The molecule has 0 saturated carbocycles. The maximum Gasteiger partial charge on any atom is 0.310 e. The van der Waals surface area contributed by atoms with Gasteiger partial charge in [-0.2, -0.15) is 0 Å². The van der Waals surface area contributed by atoms with Gasteiger partial charge in [-0.1, -0.05) is 32.4 Å². The molecule has 2 saturated heterocycles. The Hall–Kier alpha value is -2.85. The molecule has 0 spiro atoms. The molecule has 2 heterocycles. The highest BCUT2D eigenvalue weighted by atomic mass is 35.5. The normalized spacial score (nSPS) is 23.1. The van der Waals surface area contributed by atoms with E-state index in [2.05, 4.69) is 10.6 Å². The smallest absolute Gasteiger partial charge is 0.310 e. The molecule has 192 valence electrons. The lowest BCUT2D eigenvalue weighted by Gasteiger charge is -2.35. The third-order valence-corrected chi connectivity index (χ3v) is 6.44. The Labute approximate surface area is 209 Å². The summed E-state index contributed by atoms with van der Waals surface area (Å²) in [6, 6.07) is 2.26. The van der Waals surface area contributed by atoms with Crippen LogP contribution in [0, 0.1) is 5.41 Å². The summed E-state index contributed by atoms with van der Waals surface area (Å²) in [6.45, 7) is 7.98. The summed E-state index contributed by atoms with van der Waals surface area (Å²) >= 11 is 6.05. The van der Waals surface area contributed by atoms with Crippen molar-refractivity contribution in [1.29, 1.82) is 0 Å². The van der Waals surface area contributed by atoms with Gasteiger partial charge in [0.25, 0.3) is 5.91 Å². The molecule has 0 aliphatic carbocycles. The lowest BCUT2D eigenvalue weighted by molar-refractivity contribution is -0.164. The first-order chi connectivity index (χ1) is 16.4. The van der Waals surface area contributed by atoms with E-state index in [1.165, 1.54) is 23.1 Å². The molecule has 0 radical (unpaired) electrons. The number of rotatable bonds is 7. The van der Waals surface area contributed by atoms with Gasteiger partial charge in [0, 0.05) is 18.7 Å². The van der Waals surface area contributed by atoms with Crippen LogP contribution in [0.25, 0.3) is 0 Å². The molecule has 0 aromatic heterocycles. The fraction of sp³-hybridized carbons (Fsp3) is 0.583. The van der Waals surface area contributed by atoms with Crippen molar-refractivity contribution in [2.24, 2.45) is 5.41 Å². The molecule has 3 rings (SSSR count). The number of esters is 1. The second-order valence-electron chi connectivity index (χ2n) is 9.83. The Kier molecular flexibility index (Phi) is 8.27. The number of nitrogens with zero attached hydrogens (tertiary/aromatic N) is 1. The molecule has 10 nitrogen and oxygen atoms in total. The molecule has 11 heteroatoms. The second kappa shape index (κ2) is 10.8. The number of carbonyl (C=O) groups is 4. The van der Waals surface area contributed by atoms with E-state index in [1.54, 1.807) is 6.92 Å². The van der Waals surface area contributed by atoms with Crippen molar-refractivity contribution in [2.75, 3.05) is 18.9 Å². The van der Waals surface area contributed by atoms with Crippen LogP contribution in [0.3, 0.4) is 0 Å². The zero-order chi connectivity index (χ0) is 25.9. The Balaban J connectivity index is 1.74. The summed E-state index contributed by atoms with van der Waals surface area (Å²) in [7, 11) is 0. The summed E-state index contributed by atoms with van der Waals surface area (Å²) < 4.78 is 10.5. The number of nitrogens with one attached hydrogen (secondary N) is 2. The highest BCUT2D eigenvalue weighted by molar-refractivity contribution is 6.33. The zero-order valence-electron chi connectivity index (χ0n) is 20.4. The Morgan fingerprint density at radius 2 is 2.03 bits per heavy atom. The van der Waals surface area contributed by atoms with Crippen LogP contribution in [0.1, 0.15) is 57.3 Å². The minimum atomic E-state index is -0.896. The summed E-state index contributed by atoms with van der Waals surface area (Å²) in [6.07, 6.45) is 0.255. The van der Waals surface area contributed by atoms with Crippen LogP contribution >= 0.6 is 11.6 Å². The van der Waals surface area contributed by atoms with Crippen LogP contribution < -0.4 is 16.4 Å². The lowest BCUT2D eigenvalue weighted by Crippen LogP contribution is -2.58. The Bertz CT molecular complexity index is 995. The largest absolute Gasteiger partial charge is 0.433 e. The fourth-order valence-electron chi connectivity index (χ4n) is 4.25. The van der Waals surface area contributed by atoms with Crippen LogP contribution in [0.15, 0.2) is 18.2 Å². The van der Waals surface area contributed by atoms with Gasteiger partial charge >= 0.3 is 5.97 Å². The average Bonchev–Trinajstić information content (AvgIpc) is 3.39. The number of amides is 3. The third-order valence-electron chi connectivity index (χ3n) is 6.11. The summed E-state index contributed by atoms with van der Waals surface area (Å²) in [5.74, 6) is -1.66. The van der Waals surface area contributed by atoms with Gasteiger partial charge in [-0.3, -0.25) is 19.2 Å². The standard InChI is InChI=1S/C24H33ClN4O6/c1-5-34-23-16(12-18(30)35-23)27-21(32)17-7-6-10-29(17)22(33)19(24(2,3)4)28-20(31)13-8-9-15(26)14(25)11-13/h8-9,11,16-17,19,23H,5-7,10,12,26H2,1-4H3,(H,27,32)(H,28,31)/t16?,17-,19+,23?/m0/s1. The number of likely N-dealkylation sites (tertiary alicyclic amines) is 1. The van der Waals surface area contributed by atoms with Crippen molar-refractivity contribution < 1.29 is 28.7 Å². The molecule has 2 aliphatic rings. The van der Waals surface area contributed by atoms with Gasteiger partial charge in [-0.15, -0.1) is 0 Å². The molecular weight excluding hydrogens is 476 g/mol. The summed E-state index contributed by atoms with van der Waals surface area (Å²) in [5.41, 5.74) is 5.71. The van der Waals surface area contributed by atoms with Crippen LogP contribution in [0.5, 0.6) is 0 Å². The molecule has 2 unspecified atom stereocenters. The van der Waals surface area contributed by atoms with Gasteiger partial charge in [0.05, 0.1) is 17.1 Å². The first-order valence-corrected chi connectivity index (χ1v) is 12.1. The lowest BCUT2D eigenvalue weighted by atomic mass is 9.85. The predicted octanol–water partition coefficient (Wildman–Crippen LogP) is 1.85. The van der Waals surface area contributed by atoms with Crippen molar-refractivity contribution in [1.82, 2.24) is 15.5 Å². The number of carbonyl (C=O) groups excluding carboxylic acids is 4. The van der Waals surface area contributed by atoms with Crippen LogP contribution in [-0.4, -0.2) is 66.2 Å². The third kappa shape index (κ3) is 6.24. The molecule has 1 aromatic rings. The van der Waals surface area contributed by atoms with E-state index in [0.717, 1.165) is 0 Å². The summed E-state index contributed by atoms with van der Waals surface area (Å²) in [5, 5.41) is 5.86. The van der Waals surface area contributed by atoms with E-state index < -0.39 is 41.7 Å². The van der Waals surface area contributed by atoms with Crippen molar-refractivity contribution in [3.8, 4) is 0 Å². The Morgan fingerprint density at radius 3 is 2.66 bits per heavy atom. The molecule has 4 atom stereocenters. The zero-order valence-corrected chi connectivity index (χ0v) is 21.2. The molecule has 35 heavy (non-hydrogen) atoms. The van der Waals surface area contributed by atoms with Gasteiger partial charge in [-0.05, 0) is 43.4 Å². The number of nitrogens with two attached hydrogens (primary N) is 1. The maximum absolute atomic E-state index is 13.6. The summed E-state index contributed by atoms with van der Waals surface area (Å²) in [4.78, 5) is 52.9. The van der Waals surface area contributed by atoms with Gasteiger partial charge < -0.3 is 30.7 Å². The van der Waals surface area contributed by atoms with E-state index in [4.69, 9.17) is 26.8 Å². The van der Waals surface area contributed by atoms with Crippen molar-refractivity contribution in [3.63, 3.8) is 0 Å². The van der Waals surface area contributed by atoms with E-state index in [-0.39, 0.29) is 28.8 Å². The molecule has 1 aromatic carbocycles. The molecule has 2 fully saturated rings. The van der Waals surface area contributed by atoms with Gasteiger partial charge in [-0.25, -0.2) is 0 Å². The topological polar surface area (TPSA) is 140 Å². The number of hydrogen-bond acceptors (Lipinski definition) is 7. The monoisotopic (exact) mass is 508 g/mol. The number of hydrogen-bond donors (Lipinski definition) is 3. The van der Waals surface area contributed by atoms with Gasteiger partial charge in [0.15, 0.2) is 0 Å². The van der Waals surface area contributed by atoms with E-state index in [0.29, 0.717) is 31.7 Å². The number of halogens is 1. The van der Waals surface area contributed by atoms with Crippen molar-refractivity contribution in [2.45, 2.75) is 71.4 Å².